The van der Waals surface area contributed by atoms with Crippen molar-refractivity contribution in [1.82, 2.24) is 0 Å². The molecule has 1 aromatic carbocycles. The molecule has 66 valence electrons. The minimum atomic E-state index is -1.06. The standard InChI is InChI=1S/C8H8F2OS/c9-5-8(11)12-7-3-1-6(10)2-4-7/h1-4,8,11H,5H2. The van der Waals surface area contributed by atoms with Crippen LogP contribution in [0.15, 0.2) is 29.2 Å². The van der Waals surface area contributed by atoms with Gasteiger partial charge >= 0.3 is 0 Å². The topological polar surface area (TPSA) is 20.2 Å². The molecule has 1 aromatic rings. The molecule has 0 saturated heterocycles. The van der Waals surface area contributed by atoms with Crippen LogP contribution in [0, 0.1) is 5.82 Å². The lowest BCUT2D eigenvalue weighted by molar-refractivity contribution is 0.220. The second kappa shape index (κ2) is 4.42. The van der Waals surface area contributed by atoms with E-state index in [4.69, 9.17) is 5.11 Å². The molecule has 0 amide bonds. The molecule has 0 aliphatic heterocycles. The Morgan fingerprint density at radius 3 is 2.42 bits per heavy atom. The number of aliphatic hydroxyl groups excluding tert-OH is 1. The molecule has 0 spiro atoms. The Hall–Kier alpha value is -0.610. The number of benzene rings is 1. The Labute approximate surface area is 73.4 Å². The number of hydrogen-bond acceptors (Lipinski definition) is 2. The predicted octanol–water partition coefficient (Wildman–Crippen LogP) is 2.21. The Morgan fingerprint density at radius 1 is 1.33 bits per heavy atom. The minimum absolute atomic E-state index is 0.339. The summed E-state index contributed by atoms with van der Waals surface area (Å²) >= 11 is 0.966. The van der Waals surface area contributed by atoms with Gasteiger partial charge in [-0.25, -0.2) is 8.78 Å². The third-order valence-electron chi connectivity index (χ3n) is 1.22. The Morgan fingerprint density at radius 2 is 1.92 bits per heavy atom. The number of halogens is 2. The Kier molecular flexibility index (Phi) is 3.49. The van der Waals surface area contributed by atoms with Crippen molar-refractivity contribution >= 4 is 11.8 Å². The fourth-order valence-electron chi connectivity index (χ4n) is 0.702. The van der Waals surface area contributed by atoms with Crippen LogP contribution in [-0.2, 0) is 0 Å². The highest BCUT2D eigenvalue weighted by Crippen LogP contribution is 2.21. The van der Waals surface area contributed by atoms with E-state index in [-0.39, 0.29) is 5.82 Å². The lowest BCUT2D eigenvalue weighted by Gasteiger charge is -2.04. The van der Waals surface area contributed by atoms with Crippen molar-refractivity contribution in [2.75, 3.05) is 6.67 Å². The SMILES string of the molecule is OC(CF)Sc1ccc(F)cc1. The van der Waals surface area contributed by atoms with Gasteiger partial charge in [0.15, 0.2) is 0 Å². The average molecular weight is 190 g/mol. The van der Waals surface area contributed by atoms with E-state index in [9.17, 15) is 8.78 Å². The fourth-order valence-corrected chi connectivity index (χ4v) is 1.37. The van der Waals surface area contributed by atoms with Crippen molar-refractivity contribution in [2.45, 2.75) is 10.3 Å². The first-order valence-corrected chi connectivity index (χ1v) is 4.26. The molecule has 0 bridgehead atoms. The maximum absolute atomic E-state index is 12.4. The van der Waals surface area contributed by atoms with Crippen LogP contribution >= 0.6 is 11.8 Å². The zero-order valence-corrected chi connectivity index (χ0v) is 7.02. The number of rotatable bonds is 3. The summed E-state index contributed by atoms with van der Waals surface area (Å²) in [6.07, 6.45) is 0. The summed E-state index contributed by atoms with van der Waals surface area (Å²) in [6, 6.07) is 5.54. The first-order valence-electron chi connectivity index (χ1n) is 3.38. The summed E-state index contributed by atoms with van der Waals surface area (Å²) in [5.41, 5.74) is -1.06. The molecule has 0 radical (unpaired) electrons. The van der Waals surface area contributed by atoms with Gasteiger partial charge in [0, 0.05) is 4.90 Å². The van der Waals surface area contributed by atoms with Crippen LogP contribution in [0.5, 0.6) is 0 Å². The molecule has 0 aromatic heterocycles. The Bertz CT molecular complexity index is 237. The van der Waals surface area contributed by atoms with Gasteiger partial charge in [-0.2, -0.15) is 0 Å². The van der Waals surface area contributed by atoms with E-state index in [0.717, 1.165) is 11.8 Å². The summed E-state index contributed by atoms with van der Waals surface area (Å²) in [5.74, 6) is -0.339. The van der Waals surface area contributed by atoms with Crippen LogP contribution < -0.4 is 0 Å². The van der Waals surface area contributed by atoms with Gasteiger partial charge in [0.05, 0.1) is 0 Å². The number of thioether (sulfide) groups is 1. The molecule has 12 heavy (non-hydrogen) atoms. The van der Waals surface area contributed by atoms with Gasteiger partial charge < -0.3 is 5.11 Å². The summed E-state index contributed by atoms with van der Waals surface area (Å²) in [6.45, 7) is -0.804. The van der Waals surface area contributed by atoms with Crippen LogP contribution in [0.25, 0.3) is 0 Å². The van der Waals surface area contributed by atoms with E-state index in [1.807, 2.05) is 0 Å². The minimum Gasteiger partial charge on any atom is -0.379 e. The van der Waals surface area contributed by atoms with E-state index < -0.39 is 12.1 Å². The number of aliphatic hydroxyl groups is 1. The van der Waals surface area contributed by atoms with E-state index >= 15 is 0 Å². The van der Waals surface area contributed by atoms with E-state index in [0.29, 0.717) is 4.90 Å². The highest BCUT2D eigenvalue weighted by molar-refractivity contribution is 7.99. The van der Waals surface area contributed by atoms with Crippen molar-refractivity contribution in [2.24, 2.45) is 0 Å². The van der Waals surface area contributed by atoms with E-state index in [1.54, 1.807) is 0 Å². The van der Waals surface area contributed by atoms with E-state index in [2.05, 4.69) is 0 Å². The molecule has 1 nitrogen and oxygen atoms in total. The van der Waals surface area contributed by atoms with Gasteiger partial charge in [0.25, 0.3) is 0 Å². The normalized spacial score (nSPS) is 12.9. The Balaban J connectivity index is 2.58. The first kappa shape index (κ1) is 9.48. The van der Waals surface area contributed by atoms with E-state index in [1.165, 1.54) is 24.3 Å². The van der Waals surface area contributed by atoms with Gasteiger partial charge in [0.1, 0.15) is 17.9 Å². The maximum Gasteiger partial charge on any atom is 0.132 e. The highest BCUT2D eigenvalue weighted by Gasteiger charge is 2.04. The molecule has 0 fully saturated rings. The summed E-state index contributed by atoms with van der Waals surface area (Å²) in [5, 5.41) is 8.87. The van der Waals surface area contributed by atoms with Crippen LogP contribution in [0.2, 0.25) is 0 Å². The quantitative estimate of drug-likeness (QED) is 0.582. The zero-order chi connectivity index (χ0) is 8.97. The monoisotopic (exact) mass is 190 g/mol. The maximum atomic E-state index is 12.4. The molecule has 0 saturated carbocycles. The van der Waals surface area contributed by atoms with Crippen LogP contribution in [0.4, 0.5) is 8.78 Å². The molecule has 4 heteroatoms. The molecular weight excluding hydrogens is 182 g/mol. The van der Waals surface area contributed by atoms with Gasteiger partial charge in [-0.3, -0.25) is 0 Å². The average Bonchev–Trinajstić information content (AvgIpc) is 2.09. The van der Waals surface area contributed by atoms with Crippen LogP contribution in [-0.4, -0.2) is 17.2 Å². The lowest BCUT2D eigenvalue weighted by atomic mass is 10.4. The second-order valence-electron chi connectivity index (χ2n) is 2.18. The predicted molar refractivity (Wildman–Crippen MR) is 44.2 cm³/mol. The number of alkyl halides is 1. The molecular formula is C8H8F2OS. The third kappa shape index (κ3) is 2.79. The van der Waals surface area contributed by atoms with Crippen LogP contribution in [0.3, 0.4) is 0 Å². The third-order valence-corrected chi connectivity index (χ3v) is 2.16. The fraction of sp³-hybridized carbons (Fsp3) is 0.250. The summed E-state index contributed by atoms with van der Waals surface area (Å²) < 4.78 is 24.2. The van der Waals surface area contributed by atoms with Crippen molar-refractivity contribution < 1.29 is 13.9 Å². The van der Waals surface area contributed by atoms with Crippen molar-refractivity contribution in [3.63, 3.8) is 0 Å². The molecule has 1 N–H and O–H groups in total. The van der Waals surface area contributed by atoms with Crippen molar-refractivity contribution in [3.8, 4) is 0 Å². The van der Waals surface area contributed by atoms with Gasteiger partial charge in [-0.1, -0.05) is 11.8 Å². The molecule has 1 rings (SSSR count). The number of hydrogen-bond donors (Lipinski definition) is 1. The van der Waals surface area contributed by atoms with Gasteiger partial charge in [-0.05, 0) is 24.3 Å². The molecule has 1 unspecified atom stereocenters. The molecule has 0 aliphatic carbocycles. The molecule has 0 aliphatic rings. The highest BCUT2D eigenvalue weighted by atomic mass is 32.2. The molecule has 0 heterocycles. The first-order chi connectivity index (χ1) is 5.72. The largest absolute Gasteiger partial charge is 0.379 e. The summed E-state index contributed by atoms with van der Waals surface area (Å²) in [4.78, 5) is 0.654. The molecule has 1 atom stereocenters. The zero-order valence-electron chi connectivity index (χ0n) is 6.21. The lowest BCUT2D eigenvalue weighted by Crippen LogP contribution is -2.01. The smallest absolute Gasteiger partial charge is 0.132 e. The summed E-state index contributed by atoms with van der Waals surface area (Å²) in [7, 11) is 0. The second-order valence-corrected chi connectivity index (χ2v) is 3.43. The van der Waals surface area contributed by atoms with Gasteiger partial charge in [-0.15, -0.1) is 0 Å². The van der Waals surface area contributed by atoms with Gasteiger partial charge in [0.2, 0.25) is 0 Å². The van der Waals surface area contributed by atoms with Crippen LogP contribution in [0.1, 0.15) is 0 Å². The van der Waals surface area contributed by atoms with Crippen molar-refractivity contribution in [1.29, 1.82) is 0 Å². The van der Waals surface area contributed by atoms with Crippen molar-refractivity contribution in [3.05, 3.63) is 30.1 Å².